The standard InChI is InChI=1S/C12H15N3OS/c1-8(2)15-6-4-5-9(11(15)16)10-7-17-12(13-3)14-10/h4-8H,1-3H3,(H,13,14). The van der Waals surface area contributed by atoms with Crippen molar-refractivity contribution in [3.8, 4) is 11.3 Å². The van der Waals surface area contributed by atoms with Crippen molar-refractivity contribution < 1.29 is 0 Å². The van der Waals surface area contributed by atoms with Crippen molar-refractivity contribution in [2.75, 3.05) is 12.4 Å². The van der Waals surface area contributed by atoms with E-state index in [1.165, 1.54) is 11.3 Å². The molecular weight excluding hydrogens is 234 g/mol. The first kappa shape index (κ1) is 11.9. The Kier molecular flexibility index (Phi) is 3.28. The van der Waals surface area contributed by atoms with Crippen LogP contribution in [0.3, 0.4) is 0 Å². The zero-order valence-electron chi connectivity index (χ0n) is 10.1. The number of hydrogen-bond donors (Lipinski definition) is 1. The average molecular weight is 249 g/mol. The molecular formula is C12H15N3OS. The summed E-state index contributed by atoms with van der Waals surface area (Å²) in [5.74, 6) is 0. The highest BCUT2D eigenvalue weighted by molar-refractivity contribution is 7.14. The zero-order valence-corrected chi connectivity index (χ0v) is 10.9. The lowest BCUT2D eigenvalue weighted by Crippen LogP contribution is -2.22. The smallest absolute Gasteiger partial charge is 0.260 e. The summed E-state index contributed by atoms with van der Waals surface area (Å²) in [4.78, 5) is 16.6. The maximum atomic E-state index is 12.2. The third-order valence-electron chi connectivity index (χ3n) is 2.52. The second-order valence-electron chi connectivity index (χ2n) is 4.02. The van der Waals surface area contributed by atoms with Crippen LogP contribution < -0.4 is 10.9 Å². The quantitative estimate of drug-likeness (QED) is 0.909. The molecule has 0 aliphatic rings. The molecule has 0 amide bonds. The number of aromatic nitrogens is 2. The molecule has 0 spiro atoms. The van der Waals surface area contributed by atoms with Gasteiger partial charge >= 0.3 is 0 Å². The molecule has 1 N–H and O–H groups in total. The summed E-state index contributed by atoms with van der Waals surface area (Å²) < 4.78 is 1.72. The van der Waals surface area contributed by atoms with Gasteiger partial charge in [0, 0.05) is 24.7 Å². The molecule has 0 aliphatic carbocycles. The molecule has 0 saturated carbocycles. The highest BCUT2D eigenvalue weighted by Gasteiger charge is 2.10. The Labute approximate surface area is 104 Å². The molecule has 0 bridgehead atoms. The van der Waals surface area contributed by atoms with Gasteiger partial charge in [-0.1, -0.05) is 0 Å². The third-order valence-corrected chi connectivity index (χ3v) is 3.38. The van der Waals surface area contributed by atoms with Gasteiger partial charge in [-0.2, -0.15) is 0 Å². The van der Waals surface area contributed by atoms with Gasteiger partial charge in [0.25, 0.3) is 5.56 Å². The van der Waals surface area contributed by atoms with Gasteiger partial charge in [0.2, 0.25) is 0 Å². The molecule has 2 heterocycles. The molecule has 0 saturated heterocycles. The van der Waals surface area contributed by atoms with Crippen molar-refractivity contribution in [3.05, 3.63) is 34.1 Å². The highest BCUT2D eigenvalue weighted by Crippen LogP contribution is 2.22. The Bertz CT molecular complexity index is 571. The first-order valence-electron chi connectivity index (χ1n) is 5.48. The molecule has 0 aliphatic heterocycles. The minimum Gasteiger partial charge on any atom is -0.365 e. The fourth-order valence-corrected chi connectivity index (χ4v) is 2.30. The van der Waals surface area contributed by atoms with E-state index in [0.717, 1.165) is 10.8 Å². The molecule has 0 fully saturated rings. The Morgan fingerprint density at radius 2 is 2.24 bits per heavy atom. The van der Waals surface area contributed by atoms with Crippen LogP contribution >= 0.6 is 11.3 Å². The lowest BCUT2D eigenvalue weighted by molar-refractivity contribution is 0.579. The van der Waals surface area contributed by atoms with Gasteiger partial charge < -0.3 is 9.88 Å². The summed E-state index contributed by atoms with van der Waals surface area (Å²) in [5.41, 5.74) is 1.40. The van der Waals surface area contributed by atoms with E-state index in [9.17, 15) is 4.79 Å². The van der Waals surface area contributed by atoms with Crippen molar-refractivity contribution in [2.45, 2.75) is 19.9 Å². The lowest BCUT2D eigenvalue weighted by Gasteiger charge is -2.10. The van der Waals surface area contributed by atoms with Gasteiger partial charge in [0.05, 0.1) is 11.3 Å². The number of rotatable bonds is 3. The predicted molar refractivity (Wildman–Crippen MR) is 71.7 cm³/mol. The topological polar surface area (TPSA) is 46.9 Å². The second kappa shape index (κ2) is 4.71. The predicted octanol–water partition coefficient (Wildman–Crippen LogP) is 2.59. The van der Waals surface area contributed by atoms with Crippen LogP contribution in [0.1, 0.15) is 19.9 Å². The number of nitrogens with one attached hydrogen (secondary N) is 1. The van der Waals surface area contributed by atoms with E-state index in [4.69, 9.17) is 0 Å². The molecule has 0 atom stereocenters. The number of anilines is 1. The van der Waals surface area contributed by atoms with Crippen LogP contribution in [0.4, 0.5) is 5.13 Å². The minimum absolute atomic E-state index is 0.00968. The van der Waals surface area contributed by atoms with Gasteiger partial charge in [-0.05, 0) is 26.0 Å². The molecule has 90 valence electrons. The molecule has 2 aromatic rings. The number of thiazole rings is 1. The number of hydrogen-bond acceptors (Lipinski definition) is 4. The van der Waals surface area contributed by atoms with Crippen LogP contribution in [-0.4, -0.2) is 16.6 Å². The molecule has 5 heteroatoms. The van der Waals surface area contributed by atoms with Crippen LogP contribution in [0.5, 0.6) is 0 Å². The van der Waals surface area contributed by atoms with Crippen molar-refractivity contribution >= 4 is 16.5 Å². The first-order chi connectivity index (χ1) is 8.13. The van der Waals surface area contributed by atoms with Crippen LogP contribution in [-0.2, 0) is 0 Å². The molecule has 0 aromatic carbocycles. The van der Waals surface area contributed by atoms with Crippen LogP contribution in [0.15, 0.2) is 28.5 Å². The van der Waals surface area contributed by atoms with Gasteiger partial charge in [-0.25, -0.2) is 4.98 Å². The lowest BCUT2D eigenvalue weighted by atomic mass is 10.2. The normalized spacial score (nSPS) is 10.8. The fourth-order valence-electron chi connectivity index (χ4n) is 1.62. The molecule has 4 nitrogen and oxygen atoms in total. The fraction of sp³-hybridized carbons (Fsp3) is 0.333. The maximum absolute atomic E-state index is 12.2. The molecule has 2 aromatic heterocycles. The Morgan fingerprint density at radius 3 is 2.82 bits per heavy atom. The summed E-state index contributed by atoms with van der Waals surface area (Å²) in [6, 6.07) is 3.86. The molecule has 2 rings (SSSR count). The van der Waals surface area contributed by atoms with Gasteiger partial charge in [-0.3, -0.25) is 4.79 Å². The SMILES string of the molecule is CNc1nc(-c2cccn(C(C)C)c2=O)cs1. The molecule has 0 unspecified atom stereocenters. The molecule has 17 heavy (non-hydrogen) atoms. The third kappa shape index (κ3) is 2.24. The highest BCUT2D eigenvalue weighted by atomic mass is 32.1. The van der Waals surface area contributed by atoms with E-state index in [0.29, 0.717) is 5.56 Å². The van der Waals surface area contributed by atoms with Gasteiger partial charge in [0.1, 0.15) is 0 Å². The maximum Gasteiger partial charge on any atom is 0.260 e. The van der Waals surface area contributed by atoms with Crippen LogP contribution in [0, 0.1) is 0 Å². The van der Waals surface area contributed by atoms with E-state index in [2.05, 4.69) is 10.3 Å². The van der Waals surface area contributed by atoms with E-state index < -0.39 is 0 Å². The van der Waals surface area contributed by atoms with E-state index in [1.807, 2.05) is 44.6 Å². The molecule has 0 radical (unpaired) electrons. The van der Waals surface area contributed by atoms with Crippen LogP contribution in [0.25, 0.3) is 11.3 Å². The van der Waals surface area contributed by atoms with Crippen molar-refractivity contribution in [2.24, 2.45) is 0 Å². The van der Waals surface area contributed by atoms with Crippen molar-refractivity contribution in [1.82, 2.24) is 9.55 Å². The number of pyridine rings is 1. The minimum atomic E-state index is 0.00968. The van der Waals surface area contributed by atoms with Crippen molar-refractivity contribution in [1.29, 1.82) is 0 Å². The summed E-state index contributed by atoms with van der Waals surface area (Å²) in [7, 11) is 1.82. The summed E-state index contributed by atoms with van der Waals surface area (Å²) >= 11 is 1.50. The zero-order chi connectivity index (χ0) is 12.4. The van der Waals surface area contributed by atoms with Crippen LogP contribution in [0.2, 0.25) is 0 Å². The van der Waals surface area contributed by atoms with E-state index in [-0.39, 0.29) is 11.6 Å². The van der Waals surface area contributed by atoms with Gasteiger partial charge in [-0.15, -0.1) is 11.3 Å². The summed E-state index contributed by atoms with van der Waals surface area (Å²) in [6.07, 6.45) is 1.81. The monoisotopic (exact) mass is 249 g/mol. The Balaban J connectivity index is 2.52. The van der Waals surface area contributed by atoms with Gasteiger partial charge in [0.15, 0.2) is 5.13 Å². The van der Waals surface area contributed by atoms with E-state index in [1.54, 1.807) is 4.57 Å². The second-order valence-corrected chi connectivity index (χ2v) is 4.87. The van der Waals surface area contributed by atoms with E-state index >= 15 is 0 Å². The first-order valence-corrected chi connectivity index (χ1v) is 6.36. The summed E-state index contributed by atoms with van der Waals surface area (Å²) in [6.45, 7) is 3.98. The Hall–Kier alpha value is -1.62. The largest absolute Gasteiger partial charge is 0.365 e. The number of nitrogens with zero attached hydrogens (tertiary/aromatic N) is 2. The average Bonchev–Trinajstić information content (AvgIpc) is 2.77. The summed E-state index contributed by atoms with van der Waals surface area (Å²) in [5, 5.41) is 5.69. The van der Waals surface area contributed by atoms with Crippen molar-refractivity contribution in [3.63, 3.8) is 0 Å². The Morgan fingerprint density at radius 1 is 1.47 bits per heavy atom.